The summed E-state index contributed by atoms with van der Waals surface area (Å²) in [5, 5.41) is 0. The van der Waals surface area contributed by atoms with Gasteiger partial charge >= 0.3 is 0 Å². The maximum atomic E-state index is 3.89. The first-order valence-corrected chi connectivity index (χ1v) is 10.6. The Bertz CT molecular complexity index is 216. The molecule has 0 aromatic heterocycles. The lowest BCUT2D eigenvalue weighted by Gasteiger charge is -2.01. The number of unbranched alkanes of at least 4 members (excludes halogenated alkanes) is 17. The van der Waals surface area contributed by atoms with Crippen molar-refractivity contribution in [1.29, 1.82) is 0 Å². The summed E-state index contributed by atoms with van der Waals surface area (Å²) >= 11 is 0. The fourth-order valence-electron chi connectivity index (χ4n) is 3.06. The zero-order valence-corrected chi connectivity index (χ0v) is 16.0. The molecule has 0 amide bonds. The molecule has 23 heavy (non-hydrogen) atoms. The van der Waals surface area contributed by atoms with Crippen molar-refractivity contribution in [2.75, 3.05) is 0 Å². The van der Waals surface area contributed by atoms with Crippen LogP contribution in [-0.4, -0.2) is 0 Å². The Kier molecular flexibility index (Phi) is 21.5. The van der Waals surface area contributed by atoms with Gasteiger partial charge in [-0.2, -0.15) is 0 Å². The second-order valence-electron chi connectivity index (χ2n) is 7.06. The second-order valence-corrected chi connectivity index (χ2v) is 7.06. The van der Waals surface area contributed by atoms with E-state index in [1.54, 1.807) is 0 Å². The molecule has 0 saturated carbocycles. The minimum absolute atomic E-state index is 1.11. The SMILES string of the molecule is [CH2]CCCCCCCCCC=CCCCCCCCCCC[CH2]. The highest BCUT2D eigenvalue weighted by Crippen LogP contribution is 2.12. The highest BCUT2D eigenvalue weighted by atomic mass is 14.0. The highest BCUT2D eigenvalue weighted by molar-refractivity contribution is 4.81. The zero-order valence-electron chi connectivity index (χ0n) is 16.0. The van der Waals surface area contributed by atoms with Gasteiger partial charge < -0.3 is 0 Å². The van der Waals surface area contributed by atoms with Crippen molar-refractivity contribution in [2.24, 2.45) is 0 Å². The van der Waals surface area contributed by atoms with Gasteiger partial charge in [-0.25, -0.2) is 0 Å². The van der Waals surface area contributed by atoms with Gasteiger partial charge in [0.15, 0.2) is 0 Å². The average Bonchev–Trinajstić information content (AvgIpc) is 2.57. The zero-order chi connectivity index (χ0) is 16.8. The summed E-state index contributed by atoms with van der Waals surface area (Å²) in [5.41, 5.74) is 0. The molecule has 0 saturated heterocycles. The monoisotopic (exact) mass is 320 g/mol. The first-order chi connectivity index (χ1) is 11.4. The van der Waals surface area contributed by atoms with E-state index in [2.05, 4.69) is 26.0 Å². The van der Waals surface area contributed by atoms with Crippen molar-refractivity contribution in [1.82, 2.24) is 0 Å². The molecule has 0 aliphatic heterocycles. The number of hydrogen-bond acceptors (Lipinski definition) is 0. The average molecular weight is 321 g/mol. The summed E-state index contributed by atoms with van der Waals surface area (Å²) in [7, 11) is 0. The molecule has 0 bridgehead atoms. The molecule has 0 nitrogen and oxygen atoms in total. The normalized spacial score (nSPS) is 11.6. The maximum Gasteiger partial charge on any atom is -0.0351 e. The molecule has 0 aromatic carbocycles. The standard InChI is InChI=1S/C23H44/c1-3-5-7-9-11-13-15-17-19-21-23-22-20-18-16-14-12-10-8-6-4-2/h21,23H,1-20,22H2. The van der Waals surface area contributed by atoms with E-state index in [0.29, 0.717) is 0 Å². The van der Waals surface area contributed by atoms with E-state index >= 15 is 0 Å². The van der Waals surface area contributed by atoms with E-state index in [4.69, 9.17) is 0 Å². The molecule has 0 heterocycles. The fourth-order valence-corrected chi connectivity index (χ4v) is 3.06. The Morgan fingerprint density at radius 3 is 0.913 bits per heavy atom. The lowest BCUT2D eigenvalue weighted by molar-refractivity contribution is 0.570. The summed E-state index contributed by atoms with van der Waals surface area (Å²) in [6.07, 6.45) is 30.7. The Morgan fingerprint density at radius 1 is 0.348 bits per heavy atom. The molecule has 0 aromatic rings. The lowest BCUT2D eigenvalue weighted by atomic mass is 10.1. The molecule has 0 N–H and O–H groups in total. The molecule has 0 heteroatoms. The molecule has 0 fully saturated rings. The van der Waals surface area contributed by atoms with Gasteiger partial charge in [-0.15, -0.1) is 0 Å². The summed E-state index contributed by atoms with van der Waals surface area (Å²) in [6, 6.07) is 0. The first-order valence-electron chi connectivity index (χ1n) is 10.6. The van der Waals surface area contributed by atoms with E-state index in [9.17, 15) is 0 Å². The van der Waals surface area contributed by atoms with Crippen molar-refractivity contribution >= 4 is 0 Å². The molecule has 2 radical (unpaired) electrons. The summed E-state index contributed by atoms with van der Waals surface area (Å²) in [6.45, 7) is 7.79. The van der Waals surface area contributed by atoms with Gasteiger partial charge in [-0.1, -0.05) is 122 Å². The Hall–Kier alpha value is -0.260. The van der Waals surface area contributed by atoms with Crippen LogP contribution in [0.15, 0.2) is 12.2 Å². The molecule has 0 aliphatic carbocycles. The van der Waals surface area contributed by atoms with Crippen LogP contribution in [0.1, 0.15) is 122 Å². The smallest absolute Gasteiger partial charge is 0.0351 e. The van der Waals surface area contributed by atoms with Gasteiger partial charge in [0.05, 0.1) is 0 Å². The van der Waals surface area contributed by atoms with Gasteiger partial charge in [0.25, 0.3) is 0 Å². The predicted molar refractivity (Wildman–Crippen MR) is 108 cm³/mol. The van der Waals surface area contributed by atoms with Crippen molar-refractivity contribution < 1.29 is 0 Å². The molecule has 0 spiro atoms. The van der Waals surface area contributed by atoms with Crippen molar-refractivity contribution in [3.8, 4) is 0 Å². The number of hydrogen-bond donors (Lipinski definition) is 0. The topological polar surface area (TPSA) is 0 Å². The molecular formula is C23H44. The molecule has 0 rings (SSSR count). The minimum Gasteiger partial charge on any atom is -0.0885 e. The number of rotatable bonds is 19. The Morgan fingerprint density at radius 2 is 0.609 bits per heavy atom. The largest absolute Gasteiger partial charge is 0.0885 e. The van der Waals surface area contributed by atoms with Crippen LogP contribution in [-0.2, 0) is 0 Å². The van der Waals surface area contributed by atoms with E-state index in [-0.39, 0.29) is 0 Å². The van der Waals surface area contributed by atoms with Crippen LogP contribution < -0.4 is 0 Å². The molecule has 0 aliphatic rings. The summed E-state index contributed by atoms with van der Waals surface area (Å²) < 4.78 is 0. The minimum atomic E-state index is 1.11. The van der Waals surface area contributed by atoms with Gasteiger partial charge in [-0.05, 0) is 25.7 Å². The van der Waals surface area contributed by atoms with Crippen molar-refractivity contribution in [2.45, 2.75) is 122 Å². The summed E-state index contributed by atoms with van der Waals surface area (Å²) in [4.78, 5) is 0. The fraction of sp³-hybridized carbons (Fsp3) is 0.826. The third-order valence-corrected chi connectivity index (χ3v) is 4.66. The van der Waals surface area contributed by atoms with Crippen LogP contribution >= 0.6 is 0 Å². The first kappa shape index (κ1) is 22.7. The predicted octanol–water partition coefficient (Wildman–Crippen LogP) is 8.62. The molecule has 0 unspecified atom stereocenters. The van der Waals surface area contributed by atoms with E-state index in [1.807, 2.05) is 0 Å². The van der Waals surface area contributed by atoms with Gasteiger partial charge in [0.2, 0.25) is 0 Å². The molecule has 136 valence electrons. The van der Waals surface area contributed by atoms with Gasteiger partial charge in [-0.3, -0.25) is 0 Å². The second kappa shape index (κ2) is 21.7. The molecular weight excluding hydrogens is 276 g/mol. The van der Waals surface area contributed by atoms with Crippen LogP contribution in [0.4, 0.5) is 0 Å². The van der Waals surface area contributed by atoms with Crippen LogP contribution in [0.3, 0.4) is 0 Å². The third-order valence-electron chi connectivity index (χ3n) is 4.66. The lowest BCUT2D eigenvalue weighted by Crippen LogP contribution is -1.81. The Labute approximate surface area is 148 Å². The quantitative estimate of drug-likeness (QED) is 0.165. The third kappa shape index (κ3) is 21.7. The Balaban J connectivity index is 3.03. The number of allylic oxidation sites excluding steroid dienone is 2. The van der Waals surface area contributed by atoms with Crippen molar-refractivity contribution in [3.05, 3.63) is 26.0 Å². The highest BCUT2D eigenvalue weighted by Gasteiger charge is 1.92. The van der Waals surface area contributed by atoms with E-state index in [0.717, 1.165) is 12.8 Å². The van der Waals surface area contributed by atoms with Crippen LogP contribution in [0.5, 0.6) is 0 Å². The van der Waals surface area contributed by atoms with Crippen LogP contribution in [0, 0.1) is 13.8 Å². The summed E-state index contributed by atoms with van der Waals surface area (Å²) in [5.74, 6) is 0. The van der Waals surface area contributed by atoms with Crippen LogP contribution in [0.2, 0.25) is 0 Å². The van der Waals surface area contributed by atoms with Gasteiger partial charge in [0.1, 0.15) is 0 Å². The van der Waals surface area contributed by atoms with E-state index in [1.165, 1.54) is 109 Å². The maximum absolute atomic E-state index is 3.89. The molecule has 0 atom stereocenters. The van der Waals surface area contributed by atoms with Gasteiger partial charge in [0, 0.05) is 0 Å². The van der Waals surface area contributed by atoms with Crippen molar-refractivity contribution in [3.63, 3.8) is 0 Å². The van der Waals surface area contributed by atoms with E-state index < -0.39 is 0 Å². The van der Waals surface area contributed by atoms with Crippen LogP contribution in [0.25, 0.3) is 0 Å².